The zero-order chi connectivity index (χ0) is 15.1. The number of carbonyl (C=O) groups excluding carboxylic acids is 2. The Labute approximate surface area is 129 Å². The normalized spacial score (nSPS) is 18.3. The summed E-state index contributed by atoms with van der Waals surface area (Å²) in [5.41, 5.74) is 3.87. The first kappa shape index (κ1) is 14.4. The number of carbonyl (C=O) groups is 2. The second-order valence-corrected chi connectivity index (χ2v) is 6.46. The Kier molecular flexibility index (Phi) is 3.66. The predicted molar refractivity (Wildman–Crippen MR) is 87.4 cm³/mol. The van der Waals surface area contributed by atoms with Gasteiger partial charge in [-0.05, 0) is 30.0 Å². The van der Waals surface area contributed by atoms with E-state index < -0.39 is 0 Å². The number of ketones is 1. The molecule has 0 radical (unpaired) electrons. The van der Waals surface area contributed by atoms with Gasteiger partial charge in [0.05, 0.1) is 5.52 Å². The number of rotatable bonds is 3. The van der Waals surface area contributed by atoms with Crippen LogP contribution in [0.1, 0.15) is 66.6 Å². The summed E-state index contributed by atoms with van der Waals surface area (Å²) in [5.74, 6) is 0.686. The van der Waals surface area contributed by atoms with Crippen molar-refractivity contribution < 1.29 is 9.59 Å². The molecule has 0 N–H and O–H groups in total. The van der Waals surface area contributed by atoms with Gasteiger partial charge >= 0.3 is 0 Å². The van der Waals surface area contributed by atoms with Gasteiger partial charge in [0, 0.05) is 35.4 Å². The van der Waals surface area contributed by atoms with Crippen LogP contribution in [0.4, 0.5) is 0 Å². The maximum atomic E-state index is 12.4. The van der Waals surface area contributed by atoms with E-state index in [1.807, 2.05) is 6.07 Å². The van der Waals surface area contributed by atoms with E-state index in [1.165, 1.54) is 5.56 Å². The van der Waals surface area contributed by atoms with Gasteiger partial charge in [0.1, 0.15) is 6.29 Å². The van der Waals surface area contributed by atoms with Crippen molar-refractivity contribution in [2.24, 2.45) is 0 Å². The van der Waals surface area contributed by atoms with E-state index >= 15 is 0 Å². The SMILES string of the molecule is CC(C)c1ccc2c(c1)c1c(n2S)C(CC=O)CCC1=O. The fourth-order valence-electron chi connectivity index (χ4n) is 3.25. The molecule has 0 saturated carbocycles. The summed E-state index contributed by atoms with van der Waals surface area (Å²) in [7, 11) is 0. The van der Waals surface area contributed by atoms with Crippen LogP contribution >= 0.6 is 12.8 Å². The second-order valence-electron chi connectivity index (χ2n) is 6.06. The number of Topliss-reactive ketones (excluding diaryl/α,β-unsaturated/α-hetero) is 1. The van der Waals surface area contributed by atoms with E-state index in [1.54, 1.807) is 3.97 Å². The molecule has 1 aliphatic rings. The van der Waals surface area contributed by atoms with Gasteiger partial charge in [-0.3, -0.25) is 8.77 Å². The summed E-state index contributed by atoms with van der Waals surface area (Å²) in [6, 6.07) is 6.22. The second kappa shape index (κ2) is 5.34. The molecule has 1 aromatic heterocycles. The zero-order valence-electron chi connectivity index (χ0n) is 12.3. The van der Waals surface area contributed by atoms with Crippen molar-refractivity contribution in [1.82, 2.24) is 3.97 Å². The van der Waals surface area contributed by atoms with Crippen LogP contribution in [-0.2, 0) is 4.79 Å². The Morgan fingerprint density at radius 1 is 1.43 bits per heavy atom. The summed E-state index contributed by atoms with van der Waals surface area (Å²) in [6.45, 7) is 4.28. The molecule has 3 nitrogen and oxygen atoms in total. The molecule has 1 aromatic carbocycles. The number of hydrogen-bond donors (Lipinski definition) is 1. The maximum absolute atomic E-state index is 12.4. The molecule has 0 fully saturated rings. The third-order valence-electron chi connectivity index (χ3n) is 4.44. The predicted octanol–water partition coefficient (Wildman–Crippen LogP) is 4.11. The first-order valence-corrected chi connectivity index (χ1v) is 7.79. The molecule has 0 saturated heterocycles. The van der Waals surface area contributed by atoms with E-state index in [-0.39, 0.29) is 11.7 Å². The van der Waals surface area contributed by atoms with Crippen LogP contribution in [0.2, 0.25) is 0 Å². The van der Waals surface area contributed by atoms with E-state index in [4.69, 9.17) is 0 Å². The maximum Gasteiger partial charge on any atom is 0.165 e. The molecule has 21 heavy (non-hydrogen) atoms. The minimum atomic E-state index is 0.0996. The van der Waals surface area contributed by atoms with Gasteiger partial charge in [0.25, 0.3) is 0 Å². The Morgan fingerprint density at radius 3 is 2.86 bits per heavy atom. The summed E-state index contributed by atoms with van der Waals surface area (Å²) in [5, 5.41) is 0.979. The highest BCUT2D eigenvalue weighted by molar-refractivity contribution is 7.78. The van der Waals surface area contributed by atoms with Crippen LogP contribution in [0.15, 0.2) is 18.2 Å². The van der Waals surface area contributed by atoms with Gasteiger partial charge in [0.2, 0.25) is 0 Å². The Hall–Kier alpha value is -1.55. The third-order valence-corrected chi connectivity index (χ3v) is 4.87. The standard InChI is InChI=1S/C17H19NO2S/c1-10(2)12-3-5-14-13(9-12)16-15(20)6-4-11(7-8-19)17(16)18(14)21/h3,5,8-11,21H,4,6-7H2,1-2H3. The van der Waals surface area contributed by atoms with Crippen molar-refractivity contribution in [3.8, 4) is 0 Å². The van der Waals surface area contributed by atoms with Crippen molar-refractivity contribution in [1.29, 1.82) is 0 Å². The van der Waals surface area contributed by atoms with Gasteiger partial charge in [-0.2, -0.15) is 0 Å². The molecule has 0 bridgehead atoms. The zero-order valence-corrected chi connectivity index (χ0v) is 13.2. The number of aromatic nitrogens is 1. The van der Waals surface area contributed by atoms with Gasteiger partial charge < -0.3 is 4.79 Å². The number of benzene rings is 1. The van der Waals surface area contributed by atoms with Crippen LogP contribution in [0.25, 0.3) is 10.9 Å². The lowest BCUT2D eigenvalue weighted by Gasteiger charge is -2.21. The first-order chi connectivity index (χ1) is 10.0. The lowest BCUT2D eigenvalue weighted by molar-refractivity contribution is -0.108. The van der Waals surface area contributed by atoms with Crippen molar-refractivity contribution in [2.75, 3.05) is 0 Å². The molecule has 110 valence electrons. The van der Waals surface area contributed by atoms with Crippen molar-refractivity contribution in [3.05, 3.63) is 35.0 Å². The smallest absolute Gasteiger partial charge is 0.165 e. The van der Waals surface area contributed by atoms with E-state index in [0.29, 0.717) is 18.8 Å². The average Bonchev–Trinajstić information content (AvgIpc) is 2.76. The van der Waals surface area contributed by atoms with E-state index in [0.717, 1.165) is 34.9 Å². The lowest BCUT2D eigenvalue weighted by atomic mass is 9.84. The molecule has 1 atom stereocenters. The summed E-state index contributed by atoms with van der Waals surface area (Å²) < 4.78 is 1.81. The first-order valence-electron chi connectivity index (χ1n) is 7.39. The highest BCUT2D eigenvalue weighted by atomic mass is 32.1. The van der Waals surface area contributed by atoms with Crippen LogP contribution in [-0.4, -0.2) is 16.0 Å². The van der Waals surface area contributed by atoms with Crippen molar-refractivity contribution in [2.45, 2.75) is 44.9 Å². The van der Waals surface area contributed by atoms with Crippen molar-refractivity contribution >= 4 is 35.8 Å². The molecule has 1 unspecified atom stereocenters. The molecule has 2 aromatic rings. The van der Waals surface area contributed by atoms with Crippen LogP contribution in [0.3, 0.4) is 0 Å². The fourth-order valence-corrected chi connectivity index (χ4v) is 3.69. The number of hydrogen-bond acceptors (Lipinski definition) is 3. The topological polar surface area (TPSA) is 39.1 Å². The largest absolute Gasteiger partial charge is 0.303 e. The Morgan fingerprint density at radius 2 is 2.19 bits per heavy atom. The molecular formula is C17H19NO2S. The van der Waals surface area contributed by atoms with Gasteiger partial charge in [-0.1, -0.05) is 32.7 Å². The quantitative estimate of drug-likeness (QED) is 0.684. The molecule has 0 spiro atoms. The monoisotopic (exact) mass is 301 g/mol. The van der Waals surface area contributed by atoms with E-state index in [9.17, 15) is 9.59 Å². The molecule has 1 heterocycles. The number of nitrogens with zero attached hydrogens (tertiary/aromatic N) is 1. The average molecular weight is 301 g/mol. The molecular weight excluding hydrogens is 282 g/mol. The Bertz CT molecular complexity index is 730. The molecule has 3 rings (SSSR count). The van der Waals surface area contributed by atoms with Gasteiger partial charge in [-0.25, -0.2) is 0 Å². The summed E-state index contributed by atoms with van der Waals surface area (Å²) in [6.07, 6.45) is 2.65. The highest BCUT2D eigenvalue weighted by Gasteiger charge is 2.31. The summed E-state index contributed by atoms with van der Waals surface area (Å²) in [4.78, 5) is 23.3. The third kappa shape index (κ3) is 2.22. The minimum absolute atomic E-state index is 0.0996. The van der Waals surface area contributed by atoms with Crippen molar-refractivity contribution in [3.63, 3.8) is 0 Å². The highest BCUT2D eigenvalue weighted by Crippen LogP contribution is 2.41. The molecule has 0 aliphatic heterocycles. The van der Waals surface area contributed by atoms with Crippen LogP contribution < -0.4 is 0 Å². The summed E-state index contributed by atoms with van der Waals surface area (Å²) >= 11 is 4.58. The van der Waals surface area contributed by atoms with Gasteiger partial charge in [0.15, 0.2) is 5.78 Å². The fraction of sp³-hybridized carbons (Fsp3) is 0.412. The van der Waals surface area contributed by atoms with Crippen LogP contribution in [0.5, 0.6) is 0 Å². The van der Waals surface area contributed by atoms with Crippen LogP contribution in [0, 0.1) is 0 Å². The van der Waals surface area contributed by atoms with Gasteiger partial charge in [-0.15, -0.1) is 0 Å². The lowest BCUT2D eigenvalue weighted by Crippen LogP contribution is -2.16. The molecule has 0 amide bonds. The number of thiol groups is 1. The molecule has 4 heteroatoms. The molecule has 1 aliphatic carbocycles. The Balaban J connectivity index is 2.29. The number of aldehydes is 1. The number of fused-ring (bicyclic) bond motifs is 3. The van der Waals surface area contributed by atoms with E-state index in [2.05, 4.69) is 38.8 Å². The minimum Gasteiger partial charge on any atom is -0.303 e.